The van der Waals surface area contributed by atoms with Crippen molar-refractivity contribution in [1.29, 1.82) is 0 Å². The van der Waals surface area contributed by atoms with Crippen LogP contribution in [0.3, 0.4) is 0 Å². The topological polar surface area (TPSA) is 275 Å². The van der Waals surface area contributed by atoms with Gasteiger partial charge >= 0.3 is 0 Å². The van der Waals surface area contributed by atoms with Crippen molar-refractivity contribution in [1.82, 2.24) is 19.9 Å². The summed E-state index contributed by atoms with van der Waals surface area (Å²) in [4.78, 5) is 15.6. The molecule has 0 radical (unpaired) electrons. The van der Waals surface area contributed by atoms with Crippen LogP contribution < -0.4 is 0 Å². The first-order valence-electron chi connectivity index (χ1n) is 18.7. The van der Waals surface area contributed by atoms with Crippen LogP contribution in [0.25, 0.3) is 90.9 Å². The van der Waals surface area contributed by atoms with Crippen LogP contribution in [0.2, 0.25) is 0 Å². The molecule has 0 unspecified atom stereocenters. The maximum atomic E-state index is 12.0. The van der Waals surface area contributed by atoms with Gasteiger partial charge in [0, 0.05) is 44.3 Å². The second-order valence-electron chi connectivity index (χ2n) is 14.5. The molecule has 64 heavy (non-hydrogen) atoms. The molecule has 20 heteroatoms. The lowest BCUT2D eigenvalue weighted by molar-refractivity contribution is 0.481. The van der Waals surface area contributed by atoms with Crippen molar-refractivity contribution in [3.8, 4) is 44.5 Å². The number of nitrogens with one attached hydrogen (secondary N) is 2. The largest absolute Gasteiger partial charge is 0.354 e. The third-order valence-electron chi connectivity index (χ3n) is 10.5. The zero-order valence-corrected chi connectivity index (χ0v) is 35.7. The summed E-state index contributed by atoms with van der Waals surface area (Å²) in [6, 6.07) is 29.1. The molecule has 2 aliphatic heterocycles. The molecule has 16 nitrogen and oxygen atoms in total. The lowest BCUT2D eigenvalue weighted by Crippen LogP contribution is -1.98. The molecule has 8 bridgehead atoms. The molecule has 0 aliphatic carbocycles. The van der Waals surface area contributed by atoms with Gasteiger partial charge in [0.25, 0.3) is 40.5 Å². The van der Waals surface area contributed by atoms with Gasteiger partial charge in [0.2, 0.25) is 0 Å². The molecule has 6 N–H and O–H groups in total. The highest BCUT2D eigenvalue weighted by Gasteiger charge is 2.22. The average Bonchev–Trinajstić information content (AvgIpc) is 4.08. The van der Waals surface area contributed by atoms with Gasteiger partial charge in [0.05, 0.1) is 42.4 Å². The Balaban J connectivity index is 1.44. The summed E-state index contributed by atoms with van der Waals surface area (Å²) in [7, 11) is -18.2. The van der Waals surface area contributed by atoms with E-state index in [4.69, 9.17) is 9.97 Å². The summed E-state index contributed by atoms with van der Waals surface area (Å²) >= 11 is 0. The third kappa shape index (κ3) is 8.11. The van der Waals surface area contributed by atoms with Crippen molar-refractivity contribution >= 4 is 86.8 Å². The van der Waals surface area contributed by atoms with E-state index in [0.717, 1.165) is 0 Å². The Morgan fingerprint density at radius 1 is 0.297 bits per heavy atom. The van der Waals surface area contributed by atoms with Crippen molar-refractivity contribution in [2.45, 2.75) is 19.6 Å². The molecule has 5 heterocycles. The molecule has 2 aliphatic rings. The molecule has 0 saturated carbocycles. The second-order valence-corrected chi connectivity index (χ2v) is 20.2. The predicted molar refractivity (Wildman–Crippen MR) is 240 cm³/mol. The molecule has 9 rings (SSSR count). The predicted octanol–water partition coefficient (Wildman–Crippen LogP) is 8.31. The van der Waals surface area contributed by atoms with Crippen LogP contribution in [-0.4, -0.2) is 71.8 Å². The number of aromatic amines is 2. The third-order valence-corrected chi connectivity index (χ3v) is 14.0. The molecule has 7 aromatic rings. The minimum Gasteiger partial charge on any atom is -0.354 e. The molecule has 3 aromatic heterocycles. The van der Waals surface area contributed by atoms with E-state index >= 15 is 0 Å². The summed E-state index contributed by atoms with van der Waals surface area (Å²) in [5.74, 6) is 0. The van der Waals surface area contributed by atoms with Gasteiger partial charge in [-0.05, 0) is 119 Å². The highest BCUT2D eigenvalue weighted by atomic mass is 32.2. The summed E-state index contributed by atoms with van der Waals surface area (Å²) in [5, 5.41) is 0. The molecule has 322 valence electrons. The number of nitrogens with zero attached hydrogens (tertiary/aromatic N) is 2. The van der Waals surface area contributed by atoms with E-state index in [1.54, 1.807) is 48.6 Å². The number of hydrogen-bond donors (Lipinski definition) is 6. The molecule has 4 aromatic carbocycles. The SMILES string of the molecule is O=S(=O)(O)c1ccc(-c2c3nc(c(-c4ccc(S(=O)(=O)O)cc4)c4ccc([nH]4)c(-c4ccc(S(=O)(=O)O)cc4)c4ccc([nH]4)c(-c4ccc(S(=O)(=O)O)cc4)c4nc2C=C4)C=C3)cc1. The monoisotopic (exact) mass is 934 g/mol. The minimum absolute atomic E-state index is 0.334. The first-order chi connectivity index (χ1) is 30.2. The number of fused-ring (bicyclic) bond motifs is 8. The van der Waals surface area contributed by atoms with Gasteiger partial charge in [-0.15, -0.1) is 0 Å². The number of rotatable bonds is 8. The standard InChI is InChI=1S/C44H30N4O12S4/c49-61(50,51)29-9-1-25(2-10-29)41-33-17-19-35(45-33)42(26-3-11-30(12-4-26)62(52,53)54)37-21-23-39(47-37)44(28-7-15-32(16-8-28)64(58,59)60)40-24-22-38(48-40)43(36-20-18-34(41)46-36)27-5-13-31(14-6-27)63(55,56)57/h1-24,45-46H,(H,49,50,51)(H,52,53,54)(H,55,56,57)(H,58,59,60). The quantitative estimate of drug-likeness (QED) is 0.0782. The van der Waals surface area contributed by atoms with E-state index in [1.165, 1.54) is 97.1 Å². The highest BCUT2D eigenvalue weighted by molar-refractivity contribution is 7.86. The molecular formula is C44H30N4O12S4. The zero-order chi connectivity index (χ0) is 45.3. The summed E-state index contributed by atoms with van der Waals surface area (Å²) in [6.07, 6.45) is 6.88. The van der Waals surface area contributed by atoms with Crippen molar-refractivity contribution in [3.63, 3.8) is 0 Å². The fraction of sp³-hybridized carbons (Fsp3) is 0. The highest BCUT2D eigenvalue weighted by Crippen LogP contribution is 2.39. The minimum atomic E-state index is -4.55. The molecule has 0 spiro atoms. The maximum Gasteiger partial charge on any atom is 0.294 e. The van der Waals surface area contributed by atoms with Crippen LogP contribution in [0.1, 0.15) is 22.8 Å². The van der Waals surface area contributed by atoms with E-state index in [2.05, 4.69) is 9.97 Å². The Hall–Kier alpha value is -6.88. The van der Waals surface area contributed by atoms with Gasteiger partial charge in [0.1, 0.15) is 0 Å². The van der Waals surface area contributed by atoms with Crippen molar-refractivity contribution in [2.24, 2.45) is 0 Å². The van der Waals surface area contributed by atoms with E-state index in [0.29, 0.717) is 89.4 Å². The Morgan fingerprint density at radius 3 is 0.781 bits per heavy atom. The normalized spacial score (nSPS) is 13.1. The van der Waals surface area contributed by atoms with Gasteiger partial charge < -0.3 is 9.97 Å². The van der Waals surface area contributed by atoms with E-state index in [9.17, 15) is 51.9 Å². The summed E-state index contributed by atoms with van der Waals surface area (Å²) in [5.41, 5.74) is 7.41. The van der Waals surface area contributed by atoms with E-state index < -0.39 is 40.5 Å². The Kier molecular flexibility index (Phi) is 10.2. The lowest BCUT2D eigenvalue weighted by atomic mass is 10.0. The van der Waals surface area contributed by atoms with Crippen LogP contribution >= 0.6 is 0 Å². The number of hydrogen-bond acceptors (Lipinski definition) is 10. The van der Waals surface area contributed by atoms with Gasteiger partial charge in [-0.3, -0.25) is 18.2 Å². The van der Waals surface area contributed by atoms with Crippen molar-refractivity contribution in [2.75, 3.05) is 0 Å². The fourth-order valence-corrected chi connectivity index (χ4v) is 9.51. The van der Waals surface area contributed by atoms with Gasteiger partial charge in [-0.1, -0.05) is 48.5 Å². The Labute approximate surface area is 365 Å². The van der Waals surface area contributed by atoms with Gasteiger partial charge in [-0.25, -0.2) is 9.97 Å². The number of benzene rings is 4. The smallest absolute Gasteiger partial charge is 0.294 e. The van der Waals surface area contributed by atoms with Gasteiger partial charge in [-0.2, -0.15) is 33.7 Å². The van der Waals surface area contributed by atoms with Crippen LogP contribution in [0.15, 0.2) is 141 Å². The molecule has 0 amide bonds. The van der Waals surface area contributed by atoms with Crippen molar-refractivity contribution in [3.05, 3.63) is 144 Å². The van der Waals surface area contributed by atoms with E-state index in [1.807, 2.05) is 0 Å². The maximum absolute atomic E-state index is 12.0. The Bertz CT molecular complexity index is 3610. The van der Waals surface area contributed by atoms with E-state index in [-0.39, 0.29) is 19.6 Å². The molecule has 0 fully saturated rings. The van der Waals surface area contributed by atoms with Crippen LogP contribution in [0, 0.1) is 0 Å². The fourth-order valence-electron chi connectivity index (χ4n) is 7.59. The summed E-state index contributed by atoms with van der Waals surface area (Å²) < 4.78 is 135. The van der Waals surface area contributed by atoms with Crippen molar-refractivity contribution < 1.29 is 51.9 Å². The van der Waals surface area contributed by atoms with Gasteiger partial charge in [0.15, 0.2) is 0 Å². The lowest BCUT2D eigenvalue weighted by Gasteiger charge is -2.08. The number of aromatic nitrogens is 4. The van der Waals surface area contributed by atoms with Crippen LogP contribution in [-0.2, 0) is 40.5 Å². The first-order valence-corrected chi connectivity index (χ1v) is 24.5. The average molecular weight is 935 g/mol. The molecular weight excluding hydrogens is 905 g/mol. The molecule has 0 saturated heterocycles. The van der Waals surface area contributed by atoms with Crippen LogP contribution in [0.4, 0.5) is 0 Å². The second kappa shape index (κ2) is 15.4. The zero-order valence-electron chi connectivity index (χ0n) is 32.4. The Morgan fingerprint density at radius 2 is 0.516 bits per heavy atom. The first kappa shape index (κ1) is 42.4. The summed E-state index contributed by atoms with van der Waals surface area (Å²) in [6.45, 7) is 0. The molecule has 0 atom stereocenters. The van der Waals surface area contributed by atoms with Crippen LogP contribution in [0.5, 0.6) is 0 Å². The number of H-pyrrole nitrogens is 2.